The van der Waals surface area contributed by atoms with Crippen molar-refractivity contribution in [2.24, 2.45) is 5.41 Å². The number of ketones is 1. The number of aryl methyl sites for hydroxylation is 1. The van der Waals surface area contributed by atoms with Gasteiger partial charge in [0.15, 0.2) is 5.78 Å². The summed E-state index contributed by atoms with van der Waals surface area (Å²) in [7, 11) is 2.07. The monoisotopic (exact) mass is 217 g/mol. The van der Waals surface area contributed by atoms with Gasteiger partial charge >= 0.3 is 0 Å². The van der Waals surface area contributed by atoms with E-state index in [0.29, 0.717) is 0 Å². The van der Waals surface area contributed by atoms with E-state index in [0.717, 1.165) is 11.3 Å². The largest absolute Gasteiger partial charge is 0.370 e. The molecule has 1 aromatic rings. The Balaban J connectivity index is 2.69. The van der Waals surface area contributed by atoms with Crippen LogP contribution in [0, 0.1) is 12.3 Å². The maximum atomic E-state index is 12.4. The lowest BCUT2D eigenvalue weighted by atomic mass is 9.73. The summed E-state index contributed by atoms with van der Waals surface area (Å²) in [6.07, 6.45) is 0. The molecule has 1 aliphatic rings. The van der Waals surface area contributed by atoms with Crippen LogP contribution < -0.4 is 4.90 Å². The quantitative estimate of drug-likeness (QED) is 0.665. The Labute approximate surface area is 97.3 Å². The van der Waals surface area contributed by atoms with E-state index in [1.807, 2.05) is 26.0 Å². The van der Waals surface area contributed by atoms with Crippen LogP contribution in [0.1, 0.15) is 36.7 Å². The molecule has 0 bridgehead atoms. The number of hydrogen-bond donors (Lipinski definition) is 0. The van der Waals surface area contributed by atoms with E-state index < -0.39 is 0 Å². The van der Waals surface area contributed by atoms with E-state index in [9.17, 15) is 4.79 Å². The molecule has 0 radical (unpaired) electrons. The molecule has 0 amide bonds. The fraction of sp³-hybridized carbons (Fsp3) is 0.500. The molecule has 1 atom stereocenters. The highest BCUT2D eigenvalue weighted by Crippen LogP contribution is 2.41. The Kier molecular flexibility index (Phi) is 2.33. The highest BCUT2D eigenvalue weighted by molar-refractivity contribution is 6.07. The third-order valence-electron chi connectivity index (χ3n) is 4.05. The molecule has 16 heavy (non-hydrogen) atoms. The number of carbonyl (C=O) groups excluding carboxylic acids is 1. The van der Waals surface area contributed by atoms with Crippen molar-refractivity contribution in [1.82, 2.24) is 0 Å². The zero-order chi connectivity index (χ0) is 12.1. The second kappa shape index (κ2) is 3.34. The molecule has 0 fully saturated rings. The van der Waals surface area contributed by atoms with E-state index in [4.69, 9.17) is 0 Å². The van der Waals surface area contributed by atoms with Crippen LogP contribution in [0.25, 0.3) is 0 Å². The van der Waals surface area contributed by atoms with Gasteiger partial charge in [-0.1, -0.05) is 26.0 Å². The van der Waals surface area contributed by atoms with Crippen LogP contribution >= 0.6 is 0 Å². The van der Waals surface area contributed by atoms with Crippen LogP contribution in [0.3, 0.4) is 0 Å². The molecule has 0 saturated heterocycles. The average molecular weight is 217 g/mol. The van der Waals surface area contributed by atoms with E-state index in [2.05, 4.69) is 31.9 Å². The van der Waals surface area contributed by atoms with E-state index in [1.165, 1.54) is 5.56 Å². The first kappa shape index (κ1) is 11.2. The first-order valence-corrected chi connectivity index (χ1v) is 5.74. The zero-order valence-electron chi connectivity index (χ0n) is 10.7. The van der Waals surface area contributed by atoms with Crippen LogP contribution in [-0.4, -0.2) is 18.9 Å². The Morgan fingerprint density at radius 3 is 2.56 bits per heavy atom. The van der Waals surface area contributed by atoms with E-state index >= 15 is 0 Å². The van der Waals surface area contributed by atoms with Crippen LogP contribution in [0.2, 0.25) is 0 Å². The minimum absolute atomic E-state index is 0.230. The SMILES string of the molecule is Cc1cccc2c1N(C)C(C)C(C)(C)C2=O. The molecule has 1 aliphatic heterocycles. The molecule has 1 aromatic carbocycles. The van der Waals surface area contributed by atoms with E-state index in [-0.39, 0.29) is 17.2 Å². The van der Waals surface area contributed by atoms with Crippen LogP contribution in [0.4, 0.5) is 5.69 Å². The number of hydrogen-bond acceptors (Lipinski definition) is 2. The Bertz CT molecular complexity index is 448. The minimum atomic E-state index is -0.310. The number of nitrogens with zero attached hydrogens (tertiary/aromatic N) is 1. The van der Waals surface area contributed by atoms with Crippen molar-refractivity contribution in [3.05, 3.63) is 29.3 Å². The van der Waals surface area contributed by atoms with Gasteiger partial charge in [0.2, 0.25) is 0 Å². The summed E-state index contributed by atoms with van der Waals surface area (Å²) in [5.41, 5.74) is 2.83. The molecule has 0 aliphatic carbocycles. The summed E-state index contributed by atoms with van der Waals surface area (Å²) in [5.74, 6) is 0.261. The summed E-state index contributed by atoms with van der Waals surface area (Å²) in [4.78, 5) is 14.6. The third-order valence-corrected chi connectivity index (χ3v) is 4.05. The van der Waals surface area contributed by atoms with Crippen molar-refractivity contribution in [2.75, 3.05) is 11.9 Å². The van der Waals surface area contributed by atoms with Crippen molar-refractivity contribution in [3.8, 4) is 0 Å². The summed E-state index contributed by atoms with van der Waals surface area (Å²) in [6, 6.07) is 6.20. The van der Waals surface area contributed by atoms with Gasteiger partial charge in [-0.15, -0.1) is 0 Å². The van der Waals surface area contributed by atoms with Crippen LogP contribution in [0.15, 0.2) is 18.2 Å². The highest BCUT2D eigenvalue weighted by Gasteiger charge is 2.42. The standard InChI is InChI=1S/C14H19NO/c1-9-7-6-8-11-12(9)15(5)10(2)14(3,4)13(11)16/h6-8,10H,1-5H3. The Morgan fingerprint density at radius 1 is 1.31 bits per heavy atom. The molecule has 1 heterocycles. The summed E-state index contributed by atoms with van der Waals surface area (Å²) in [5, 5.41) is 0. The minimum Gasteiger partial charge on any atom is -0.370 e. The molecular formula is C14H19NO. The molecule has 2 heteroatoms. The van der Waals surface area contributed by atoms with Gasteiger partial charge in [-0.25, -0.2) is 0 Å². The lowest BCUT2D eigenvalue weighted by molar-refractivity contribution is 0.0794. The fourth-order valence-corrected chi connectivity index (χ4v) is 2.52. The average Bonchev–Trinajstić information content (AvgIpc) is 2.24. The number of benzene rings is 1. The number of fused-ring (bicyclic) bond motifs is 1. The summed E-state index contributed by atoms with van der Waals surface area (Å²) in [6.45, 7) is 8.24. The van der Waals surface area contributed by atoms with Gasteiger partial charge in [0, 0.05) is 24.1 Å². The second-order valence-corrected chi connectivity index (χ2v) is 5.31. The maximum absolute atomic E-state index is 12.4. The second-order valence-electron chi connectivity index (χ2n) is 5.31. The molecule has 86 valence electrons. The predicted molar refractivity (Wildman–Crippen MR) is 67.2 cm³/mol. The van der Waals surface area contributed by atoms with Gasteiger partial charge in [0.1, 0.15) is 0 Å². The molecule has 0 aromatic heterocycles. The van der Waals surface area contributed by atoms with Crippen LogP contribution in [-0.2, 0) is 0 Å². The topological polar surface area (TPSA) is 20.3 Å². The maximum Gasteiger partial charge on any atom is 0.172 e. The number of rotatable bonds is 0. The highest BCUT2D eigenvalue weighted by atomic mass is 16.1. The molecule has 0 spiro atoms. The van der Waals surface area contributed by atoms with Gasteiger partial charge in [-0.05, 0) is 25.5 Å². The number of Topliss-reactive ketones (excluding diaryl/α,β-unsaturated/α-hetero) is 1. The first-order valence-electron chi connectivity index (χ1n) is 5.74. The molecule has 2 rings (SSSR count). The van der Waals surface area contributed by atoms with Gasteiger partial charge in [-0.2, -0.15) is 0 Å². The van der Waals surface area contributed by atoms with Crippen molar-refractivity contribution in [1.29, 1.82) is 0 Å². The Morgan fingerprint density at radius 2 is 1.94 bits per heavy atom. The predicted octanol–water partition coefficient (Wildman–Crippen LogP) is 3.04. The summed E-state index contributed by atoms with van der Waals surface area (Å²) < 4.78 is 0. The number of anilines is 1. The first-order chi connectivity index (χ1) is 7.37. The van der Waals surface area contributed by atoms with Gasteiger partial charge in [0.25, 0.3) is 0 Å². The molecule has 0 saturated carbocycles. The lowest BCUT2D eigenvalue weighted by Gasteiger charge is -2.44. The third kappa shape index (κ3) is 1.29. The normalized spacial score (nSPS) is 23.2. The molecule has 0 N–H and O–H groups in total. The smallest absolute Gasteiger partial charge is 0.172 e. The lowest BCUT2D eigenvalue weighted by Crippen LogP contribution is -2.50. The van der Waals surface area contributed by atoms with Crippen LogP contribution in [0.5, 0.6) is 0 Å². The van der Waals surface area contributed by atoms with E-state index in [1.54, 1.807) is 0 Å². The zero-order valence-corrected chi connectivity index (χ0v) is 10.7. The Hall–Kier alpha value is -1.31. The van der Waals surface area contributed by atoms with Gasteiger partial charge < -0.3 is 4.90 Å². The summed E-state index contributed by atoms with van der Waals surface area (Å²) >= 11 is 0. The molecule has 2 nitrogen and oxygen atoms in total. The van der Waals surface area contributed by atoms with Crippen molar-refractivity contribution < 1.29 is 4.79 Å². The van der Waals surface area contributed by atoms with Crippen molar-refractivity contribution in [3.63, 3.8) is 0 Å². The number of para-hydroxylation sites is 1. The molecule has 1 unspecified atom stereocenters. The van der Waals surface area contributed by atoms with Gasteiger partial charge in [0.05, 0.1) is 5.69 Å². The molecular weight excluding hydrogens is 198 g/mol. The number of carbonyl (C=O) groups is 1. The van der Waals surface area contributed by atoms with Crippen molar-refractivity contribution >= 4 is 11.5 Å². The fourth-order valence-electron chi connectivity index (χ4n) is 2.52. The van der Waals surface area contributed by atoms with Gasteiger partial charge in [-0.3, -0.25) is 4.79 Å². The van der Waals surface area contributed by atoms with Crippen molar-refractivity contribution in [2.45, 2.75) is 33.7 Å².